The first kappa shape index (κ1) is 21.9. The van der Waals surface area contributed by atoms with Crippen molar-refractivity contribution < 1.29 is 27.5 Å². The molecule has 32 heavy (non-hydrogen) atoms. The molecule has 0 saturated carbocycles. The Balaban J connectivity index is 1.44. The van der Waals surface area contributed by atoms with Crippen LogP contribution in [0.2, 0.25) is 0 Å². The molecule has 2 amide bonds. The molecule has 1 fully saturated rings. The Morgan fingerprint density at radius 3 is 2.59 bits per heavy atom. The number of amides is 2. The molecule has 4 rings (SSSR count). The normalized spacial score (nSPS) is 16.5. The molecule has 2 aliphatic rings. The first-order chi connectivity index (χ1) is 15.4. The fourth-order valence-electron chi connectivity index (χ4n) is 3.73. The second-order valence-corrected chi connectivity index (χ2v) is 9.53. The molecule has 2 aromatic carbocycles. The zero-order chi connectivity index (χ0) is 22.7. The van der Waals surface area contributed by atoms with Crippen LogP contribution in [0.1, 0.15) is 23.7 Å². The molecule has 0 unspecified atom stereocenters. The van der Waals surface area contributed by atoms with Crippen molar-refractivity contribution in [3.8, 4) is 11.5 Å². The molecule has 2 aliphatic heterocycles. The summed E-state index contributed by atoms with van der Waals surface area (Å²) in [5.41, 5.74) is 1.34. The number of carbonyl (C=O) groups is 2. The molecule has 0 atom stereocenters. The lowest BCUT2D eigenvalue weighted by Crippen LogP contribution is -2.38. The maximum absolute atomic E-state index is 13.0. The number of hydrogen-bond donors (Lipinski definition) is 1. The van der Waals surface area contributed by atoms with Crippen molar-refractivity contribution >= 4 is 33.2 Å². The van der Waals surface area contributed by atoms with Crippen LogP contribution in [-0.4, -0.2) is 63.7 Å². The van der Waals surface area contributed by atoms with Crippen LogP contribution >= 0.6 is 0 Å². The number of fused-ring (bicyclic) bond motifs is 1. The molecule has 0 aromatic heterocycles. The third-order valence-corrected chi connectivity index (χ3v) is 7.18. The maximum Gasteiger partial charge on any atom is 0.254 e. The minimum atomic E-state index is -3.34. The van der Waals surface area contributed by atoms with Gasteiger partial charge in [-0.15, -0.1) is 0 Å². The average Bonchev–Trinajstić information content (AvgIpc) is 3.16. The van der Waals surface area contributed by atoms with Gasteiger partial charge in [0.2, 0.25) is 15.9 Å². The van der Waals surface area contributed by atoms with E-state index in [4.69, 9.17) is 9.47 Å². The van der Waals surface area contributed by atoms with Crippen molar-refractivity contribution in [2.75, 3.05) is 48.2 Å². The maximum atomic E-state index is 13.0. The first-order valence-electron chi connectivity index (χ1n) is 10.5. The summed E-state index contributed by atoms with van der Waals surface area (Å²) >= 11 is 0. The van der Waals surface area contributed by atoms with Gasteiger partial charge in [-0.25, -0.2) is 8.42 Å². The molecule has 170 valence electrons. The summed E-state index contributed by atoms with van der Waals surface area (Å²) in [6.45, 7) is 3.28. The number of hydrogen-bond acceptors (Lipinski definition) is 6. The first-order valence-corrected chi connectivity index (χ1v) is 12.1. The molecule has 1 N–H and O–H groups in total. The van der Waals surface area contributed by atoms with Crippen molar-refractivity contribution in [3.63, 3.8) is 0 Å². The van der Waals surface area contributed by atoms with Crippen molar-refractivity contribution in [1.82, 2.24) is 4.90 Å². The monoisotopic (exact) mass is 459 g/mol. The van der Waals surface area contributed by atoms with Gasteiger partial charge in [0.05, 0.1) is 11.4 Å². The number of nitrogens with zero attached hydrogens (tertiary/aromatic N) is 2. The van der Waals surface area contributed by atoms with Gasteiger partial charge in [0.25, 0.3) is 5.91 Å². The molecule has 10 heteroatoms. The van der Waals surface area contributed by atoms with Gasteiger partial charge in [0, 0.05) is 30.4 Å². The highest BCUT2D eigenvalue weighted by atomic mass is 32.2. The third kappa shape index (κ3) is 4.64. The van der Waals surface area contributed by atoms with Gasteiger partial charge in [-0.1, -0.05) is 6.07 Å². The van der Waals surface area contributed by atoms with Crippen LogP contribution in [0.25, 0.3) is 0 Å². The highest BCUT2D eigenvalue weighted by Gasteiger charge is 2.29. The fraction of sp³-hybridized carbons (Fsp3) is 0.364. The molecule has 0 bridgehead atoms. The predicted octanol–water partition coefficient (Wildman–Crippen LogP) is 2.10. The average molecular weight is 460 g/mol. The van der Waals surface area contributed by atoms with Crippen molar-refractivity contribution in [1.29, 1.82) is 0 Å². The zero-order valence-electron chi connectivity index (χ0n) is 17.7. The number of nitrogens with one attached hydrogen (secondary N) is 1. The molecular weight excluding hydrogens is 434 g/mol. The molecule has 1 saturated heterocycles. The van der Waals surface area contributed by atoms with Crippen molar-refractivity contribution in [2.24, 2.45) is 0 Å². The lowest BCUT2D eigenvalue weighted by Gasteiger charge is -2.22. The summed E-state index contributed by atoms with van der Waals surface area (Å²) in [4.78, 5) is 27.0. The molecule has 2 heterocycles. The third-order valence-electron chi connectivity index (χ3n) is 5.31. The lowest BCUT2D eigenvalue weighted by atomic mass is 10.1. The summed E-state index contributed by atoms with van der Waals surface area (Å²) in [6, 6.07) is 11.6. The van der Waals surface area contributed by atoms with Crippen LogP contribution in [0.3, 0.4) is 0 Å². The van der Waals surface area contributed by atoms with Gasteiger partial charge in [0.15, 0.2) is 11.5 Å². The van der Waals surface area contributed by atoms with E-state index in [0.29, 0.717) is 61.2 Å². The molecule has 0 radical (unpaired) electrons. The molecule has 0 spiro atoms. The summed E-state index contributed by atoms with van der Waals surface area (Å²) < 4.78 is 36.7. The smallest absolute Gasteiger partial charge is 0.254 e. The van der Waals surface area contributed by atoms with Crippen LogP contribution in [0.15, 0.2) is 42.5 Å². The number of sulfonamides is 1. The summed E-state index contributed by atoms with van der Waals surface area (Å²) in [5, 5.41) is 2.77. The number of rotatable bonds is 6. The van der Waals surface area contributed by atoms with E-state index in [2.05, 4.69) is 5.32 Å². The van der Waals surface area contributed by atoms with E-state index in [0.717, 1.165) is 0 Å². The molecule has 0 aliphatic carbocycles. The van der Waals surface area contributed by atoms with E-state index >= 15 is 0 Å². The standard InChI is InChI=1S/C22H25N3O6S/c1-2-24(15-21(26)23-17-7-8-19-20(14-17)31-11-10-30-19)22(27)16-5-3-6-18(13-16)25-9-4-12-32(25,28)29/h3,5-8,13-14H,2,4,9-12,15H2,1H3,(H,23,26). The van der Waals surface area contributed by atoms with E-state index in [-0.39, 0.29) is 24.1 Å². The van der Waals surface area contributed by atoms with Crippen molar-refractivity contribution in [3.05, 3.63) is 48.0 Å². The van der Waals surface area contributed by atoms with Gasteiger partial charge in [-0.05, 0) is 43.7 Å². The Labute approximate surface area is 187 Å². The van der Waals surface area contributed by atoms with Gasteiger partial charge in [-0.2, -0.15) is 0 Å². The fourth-order valence-corrected chi connectivity index (χ4v) is 5.28. The van der Waals surface area contributed by atoms with E-state index in [1.807, 2.05) is 0 Å². The van der Waals surface area contributed by atoms with Crippen LogP contribution in [0.5, 0.6) is 11.5 Å². The topological polar surface area (TPSA) is 105 Å². The van der Waals surface area contributed by atoms with Crippen LogP contribution in [0.4, 0.5) is 11.4 Å². The summed E-state index contributed by atoms with van der Waals surface area (Å²) in [7, 11) is -3.34. The van der Waals surface area contributed by atoms with Gasteiger partial charge >= 0.3 is 0 Å². The Morgan fingerprint density at radius 1 is 1.09 bits per heavy atom. The molecular formula is C22H25N3O6S. The molecule has 9 nitrogen and oxygen atoms in total. The van der Waals surface area contributed by atoms with E-state index in [1.54, 1.807) is 49.4 Å². The largest absolute Gasteiger partial charge is 0.486 e. The minimum Gasteiger partial charge on any atom is -0.486 e. The SMILES string of the molecule is CCN(CC(=O)Nc1ccc2c(c1)OCCO2)C(=O)c1cccc(N2CCCS2(=O)=O)c1. The Kier molecular flexibility index (Phi) is 6.22. The van der Waals surface area contributed by atoms with Gasteiger partial charge in [-0.3, -0.25) is 13.9 Å². The van der Waals surface area contributed by atoms with Gasteiger partial charge < -0.3 is 19.7 Å². The second-order valence-electron chi connectivity index (χ2n) is 7.52. The van der Waals surface area contributed by atoms with E-state index < -0.39 is 10.0 Å². The molecule has 2 aromatic rings. The number of ether oxygens (including phenoxy) is 2. The number of benzene rings is 2. The number of carbonyl (C=O) groups excluding carboxylic acids is 2. The Hall–Kier alpha value is -3.27. The Morgan fingerprint density at radius 2 is 1.88 bits per heavy atom. The van der Waals surface area contributed by atoms with Gasteiger partial charge in [0.1, 0.15) is 19.8 Å². The van der Waals surface area contributed by atoms with Crippen molar-refractivity contribution in [2.45, 2.75) is 13.3 Å². The Bertz CT molecular complexity index is 1130. The van der Waals surface area contributed by atoms with Crippen LogP contribution in [0, 0.1) is 0 Å². The minimum absolute atomic E-state index is 0.103. The van der Waals surface area contributed by atoms with E-state index in [1.165, 1.54) is 9.21 Å². The number of likely N-dealkylation sites (N-methyl/N-ethyl adjacent to an activating group) is 1. The summed E-state index contributed by atoms with van der Waals surface area (Å²) in [6.07, 6.45) is 0.557. The second kappa shape index (κ2) is 9.07. The number of anilines is 2. The van der Waals surface area contributed by atoms with E-state index in [9.17, 15) is 18.0 Å². The predicted molar refractivity (Wildman–Crippen MR) is 120 cm³/mol. The van der Waals surface area contributed by atoms with Crippen LogP contribution in [-0.2, 0) is 14.8 Å². The summed E-state index contributed by atoms with van der Waals surface area (Å²) in [5.74, 6) is 0.593. The lowest BCUT2D eigenvalue weighted by molar-refractivity contribution is -0.116. The highest BCUT2D eigenvalue weighted by Crippen LogP contribution is 2.32. The van der Waals surface area contributed by atoms with Crippen LogP contribution < -0.4 is 19.1 Å². The quantitative estimate of drug-likeness (QED) is 0.709. The zero-order valence-corrected chi connectivity index (χ0v) is 18.6. The highest BCUT2D eigenvalue weighted by molar-refractivity contribution is 7.93.